The predicted molar refractivity (Wildman–Crippen MR) is 59.4 cm³/mol. The highest BCUT2D eigenvalue weighted by atomic mass is 32.1. The van der Waals surface area contributed by atoms with Crippen LogP contribution in [0.3, 0.4) is 0 Å². The van der Waals surface area contributed by atoms with Crippen LogP contribution in [0.1, 0.15) is 37.7 Å². The van der Waals surface area contributed by atoms with Crippen molar-refractivity contribution >= 4 is 11.3 Å². The summed E-state index contributed by atoms with van der Waals surface area (Å²) in [7, 11) is 0. The van der Waals surface area contributed by atoms with E-state index in [1.54, 1.807) is 11.3 Å². The Morgan fingerprint density at radius 3 is 2.93 bits per heavy atom. The first-order valence-electron chi connectivity index (χ1n) is 5.00. The largest absolute Gasteiger partial charge is 0.396 e. The summed E-state index contributed by atoms with van der Waals surface area (Å²) in [5.41, 5.74) is 0. The molecule has 2 atom stereocenters. The van der Waals surface area contributed by atoms with Gasteiger partial charge in [0.05, 0.1) is 6.04 Å². The number of aliphatic hydroxyl groups excluding tert-OH is 1. The molecule has 1 heterocycles. The van der Waals surface area contributed by atoms with E-state index in [-0.39, 0.29) is 6.61 Å². The number of nitrogens with zero attached hydrogens (tertiary/aromatic N) is 1. The second kappa shape index (κ2) is 6.11. The molecule has 1 rings (SSSR count). The molecule has 4 heteroatoms. The molecule has 0 spiro atoms. The predicted octanol–water partition coefficient (Wildman–Crippen LogP) is 1.95. The SMILES string of the molecule is CC(CCCO)NC(C)c1nccs1. The molecule has 3 nitrogen and oxygen atoms in total. The van der Waals surface area contributed by atoms with Gasteiger partial charge in [-0.15, -0.1) is 11.3 Å². The molecule has 0 aliphatic heterocycles. The van der Waals surface area contributed by atoms with Gasteiger partial charge in [-0.25, -0.2) is 4.98 Å². The van der Waals surface area contributed by atoms with E-state index in [1.165, 1.54) is 0 Å². The first kappa shape index (κ1) is 11.6. The molecule has 2 unspecified atom stereocenters. The van der Waals surface area contributed by atoms with Crippen LogP contribution in [-0.4, -0.2) is 22.7 Å². The highest BCUT2D eigenvalue weighted by molar-refractivity contribution is 7.09. The first-order valence-corrected chi connectivity index (χ1v) is 5.88. The van der Waals surface area contributed by atoms with Crippen LogP contribution < -0.4 is 5.32 Å². The molecular formula is C10H18N2OS. The Morgan fingerprint density at radius 2 is 2.36 bits per heavy atom. The molecule has 0 fully saturated rings. The first-order chi connectivity index (χ1) is 6.74. The topological polar surface area (TPSA) is 45.1 Å². The summed E-state index contributed by atoms with van der Waals surface area (Å²) >= 11 is 1.67. The van der Waals surface area contributed by atoms with Gasteiger partial charge in [0.2, 0.25) is 0 Å². The number of aliphatic hydroxyl groups is 1. The molecule has 0 aromatic carbocycles. The number of hydrogen-bond donors (Lipinski definition) is 2. The average Bonchev–Trinajstić information content (AvgIpc) is 2.67. The van der Waals surface area contributed by atoms with Crippen molar-refractivity contribution < 1.29 is 5.11 Å². The zero-order valence-electron chi connectivity index (χ0n) is 8.73. The quantitative estimate of drug-likeness (QED) is 0.761. The minimum Gasteiger partial charge on any atom is -0.396 e. The van der Waals surface area contributed by atoms with Crippen molar-refractivity contribution in [3.8, 4) is 0 Å². The Hall–Kier alpha value is -0.450. The Kier molecular flexibility index (Phi) is 5.07. The van der Waals surface area contributed by atoms with Crippen LogP contribution in [-0.2, 0) is 0 Å². The zero-order valence-corrected chi connectivity index (χ0v) is 9.55. The lowest BCUT2D eigenvalue weighted by Gasteiger charge is -2.17. The summed E-state index contributed by atoms with van der Waals surface area (Å²) < 4.78 is 0. The number of aromatic nitrogens is 1. The van der Waals surface area contributed by atoms with Crippen LogP contribution in [0, 0.1) is 0 Å². The summed E-state index contributed by atoms with van der Waals surface area (Å²) in [6.45, 7) is 4.53. The third-order valence-corrected chi connectivity index (χ3v) is 3.11. The fraction of sp³-hybridized carbons (Fsp3) is 0.700. The van der Waals surface area contributed by atoms with Crippen molar-refractivity contribution in [3.63, 3.8) is 0 Å². The van der Waals surface area contributed by atoms with E-state index in [2.05, 4.69) is 24.1 Å². The van der Waals surface area contributed by atoms with E-state index in [9.17, 15) is 0 Å². The van der Waals surface area contributed by atoms with Crippen molar-refractivity contribution in [2.24, 2.45) is 0 Å². The Morgan fingerprint density at radius 1 is 1.57 bits per heavy atom. The maximum atomic E-state index is 8.70. The van der Waals surface area contributed by atoms with Gasteiger partial charge < -0.3 is 10.4 Å². The van der Waals surface area contributed by atoms with E-state index in [0.717, 1.165) is 17.8 Å². The van der Waals surface area contributed by atoms with E-state index >= 15 is 0 Å². The van der Waals surface area contributed by atoms with Gasteiger partial charge in [-0.05, 0) is 26.7 Å². The average molecular weight is 214 g/mol. The zero-order chi connectivity index (χ0) is 10.4. The van der Waals surface area contributed by atoms with Crippen molar-refractivity contribution in [1.82, 2.24) is 10.3 Å². The van der Waals surface area contributed by atoms with Crippen molar-refractivity contribution in [2.75, 3.05) is 6.61 Å². The molecule has 0 bridgehead atoms. The molecular weight excluding hydrogens is 196 g/mol. The molecule has 0 saturated carbocycles. The molecule has 0 aliphatic carbocycles. The third kappa shape index (κ3) is 3.74. The molecule has 1 aromatic rings. The minimum atomic E-state index is 0.275. The van der Waals surface area contributed by atoms with Gasteiger partial charge >= 0.3 is 0 Å². The highest BCUT2D eigenvalue weighted by Gasteiger charge is 2.10. The Labute approximate surface area is 89.2 Å². The fourth-order valence-electron chi connectivity index (χ4n) is 1.43. The minimum absolute atomic E-state index is 0.275. The lowest BCUT2D eigenvalue weighted by molar-refractivity contribution is 0.274. The van der Waals surface area contributed by atoms with E-state index in [4.69, 9.17) is 5.11 Å². The monoisotopic (exact) mass is 214 g/mol. The van der Waals surface area contributed by atoms with Crippen LogP contribution in [0.4, 0.5) is 0 Å². The van der Waals surface area contributed by atoms with Crippen molar-refractivity contribution in [2.45, 2.75) is 38.8 Å². The molecule has 14 heavy (non-hydrogen) atoms. The van der Waals surface area contributed by atoms with Gasteiger partial charge in [0.25, 0.3) is 0 Å². The van der Waals surface area contributed by atoms with Gasteiger partial charge in [0, 0.05) is 24.2 Å². The summed E-state index contributed by atoms with van der Waals surface area (Å²) in [6.07, 6.45) is 3.70. The Balaban J connectivity index is 2.29. The summed E-state index contributed by atoms with van der Waals surface area (Å²) in [4.78, 5) is 4.26. The van der Waals surface area contributed by atoms with Gasteiger partial charge in [-0.3, -0.25) is 0 Å². The molecule has 0 amide bonds. The molecule has 0 radical (unpaired) electrons. The highest BCUT2D eigenvalue weighted by Crippen LogP contribution is 2.15. The maximum Gasteiger partial charge on any atom is 0.109 e. The van der Waals surface area contributed by atoms with Gasteiger partial charge in [-0.2, -0.15) is 0 Å². The Bertz CT molecular complexity index is 238. The standard InChI is InChI=1S/C10H18N2OS/c1-8(4-3-6-13)12-9(2)10-11-5-7-14-10/h5,7-9,12-13H,3-4,6H2,1-2H3. The lowest BCUT2D eigenvalue weighted by atomic mass is 10.1. The normalized spacial score (nSPS) is 15.4. The smallest absolute Gasteiger partial charge is 0.109 e. The van der Waals surface area contributed by atoms with Crippen LogP contribution in [0.5, 0.6) is 0 Å². The van der Waals surface area contributed by atoms with Crippen LogP contribution in [0.15, 0.2) is 11.6 Å². The molecule has 2 N–H and O–H groups in total. The van der Waals surface area contributed by atoms with E-state index < -0.39 is 0 Å². The summed E-state index contributed by atoms with van der Waals surface area (Å²) in [5, 5.41) is 15.3. The molecule has 1 aromatic heterocycles. The van der Waals surface area contributed by atoms with E-state index in [1.807, 2.05) is 11.6 Å². The lowest BCUT2D eigenvalue weighted by Crippen LogP contribution is -2.28. The summed E-state index contributed by atoms with van der Waals surface area (Å²) in [5.74, 6) is 0. The second-order valence-corrected chi connectivity index (χ2v) is 4.45. The molecule has 0 saturated heterocycles. The maximum absolute atomic E-state index is 8.70. The number of hydrogen-bond acceptors (Lipinski definition) is 4. The number of nitrogens with one attached hydrogen (secondary N) is 1. The van der Waals surface area contributed by atoms with Crippen LogP contribution in [0.2, 0.25) is 0 Å². The second-order valence-electron chi connectivity index (χ2n) is 3.53. The fourth-order valence-corrected chi connectivity index (χ4v) is 2.08. The molecule has 80 valence electrons. The van der Waals surface area contributed by atoms with Crippen molar-refractivity contribution in [3.05, 3.63) is 16.6 Å². The van der Waals surface area contributed by atoms with Crippen molar-refractivity contribution in [1.29, 1.82) is 0 Å². The van der Waals surface area contributed by atoms with Gasteiger partial charge in [0.15, 0.2) is 0 Å². The summed E-state index contributed by atoms with van der Waals surface area (Å²) in [6, 6.07) is 0.741. The molecule has 0 aliphatic rings. The van der Waals surface area contributed by atoms with Crippen LogP contribution >= 0.6 is 11.3 Å². The number of thiazole rings is 1. The van der Waals surface area contributed by atoms with Gasteiger partial charge in [-0.1, -0.05) is 0 Å². The van der Waals surface area contributed by atoms with Crippen LogP contribution in [0.25, 0.3) is 0 Å². The third-order valence-electron chi connectivity index (χ3n) is 2.15. The number of rotatable bonds is 6. The van der Waals surface area contributed by atoms with Gasteiger partial charge in [0.1, 0.15) is 5.01 Å². The van der Waals surface area contributed by atoms with E-state index in [0.29, 0.717) is 12.1 Å².